The summed E-state index contributed by atoms with van der Waals surface area (Å²) in [4.78, 5) is 14.2. The smallest absolute Gasteiger partial charge is 0.340 e. The Kier molecular flexibility index (Phi) is 4.29. The number of ether oxygens (including phenoxy) is 1. The van der Waals surface area contributed by atoms with Gasteiger partial charge >= 0.3 is 5.97 Å². The molecule has 0 radical (unpaired) electrons. The van der Waals surface area contributed by atoms with Crippen LogP contribution in [0.1, 0.15) is 25.7 Å². The van der Waals surface area contributed by atoms with Crippen molar-refractivity contribution in [3.8, 4) is 0 Å². The predicted octanol–water partition coefficient (Wildman–Crippen LogP) is 3.35. The molecule has 0 saturated carbocycles. The molecule has 1 aromatic carbocycles. The number of nitrogen functional groups attached to an aromatic ring is 1. The van der Waals surface area contributed by atoms with Gasteiger partial charge in [-0.1, -0.05) is 0 Å². The first-order chi connectivity index (χ1) is 9.51. The molecule has 2 rings (SSSR count). The van der Waals surface area contributed by atoms with Crippen molar-refractivity contribution in [2.24, 2.45) is 0 Å². The molecule has 0 aliphatic heterocycles. The van der Waals surface area contributed by atoms with E-state index in [1.807, 2.05) is 6.07 Å². The predicted molar refractivity (Wildman–Crippen MR) is 83.3 cm³/mol. The van der Waals surface area contributed by atoms with Crippen LogP contribution in [0.2, 0.25) is 0 Å². The van der Waals surface area contributed by atoms with Crippen molar-refractivity contribution in [3.05, 3.63) is 45.1 Å². The van der Waals surface area contributed by atoms with Gasteiger partial charge in [-0.05, 0) is 43.7 Å². The minimum Gasteiger partial charge on any atom is -0.465 e. The summed E-state index contributed by atoms with van der Waals surface area (Å²) in [5.41, 5.74) is 8.73. The number of hydrogen-bond acceptors (Lipinski definition) is 5. The monoisotopic (exact) mass is 290 g/mol. The first kappa shape index (κ1) is 14.4. The van der Waals surface area contributed by atoms with Gasteiger partial charge in [-0.2, -0.15) is 0 Å². The van der Waals surface area contributed by atoms with Gasteiger partial charge in [0.15, 0.2) is 0 Å². The molecule has 20 heavy (non-hydrogen) atoms. The van der Waals surface area contributed by atoms with Gasteiger partial charge in [-0.25, -0.2) is 4.79 Å². The van der Waals surface area contributed by atoms with Crippen molar-refractivity contribution in [1.29, 1.82) is 0 Å². The van der Waals surface area contributed by atoms with Crippen LogP contribution >= 0.6 is 11.3 Å². The van der Waals surface area contributed by atoms with E-state index in [2.05, 4.69) is 25.2 Å². The second-order valence-corrected chi connectivity index (χ2v) is 5.94. The highest BCUT2D eigenvalue weighted by molar-refractivity contribution is 7.12. The van der Waals surface area contributed by atoms with Crippen LogP contribution in [0.3, 0.4) is 0 Å². The van der Waals surface area contributed by atoms with Gasteiger partial charge in [0, 0.05) is 27.7 Å². The summed E-state index contributed by atoms with van der Waals surface area (Å²) in [5, 5.41) is 3.30. The van der Waals surface area contributed by atoms with Crippen molar-refractivity contribution in [1.82, 2.24) is 0 Å². The standard InChI is InChI=1S/C15H18N2O2S/c1-9-6-12(20-10(9)2)8-17-11-4-5-14(16)13(7-11)15(18)19-3/h4-7,17H,8,16H2,1-3H3. The molecule has 5 heteroatoms. The molecule has 2 aromatic rings. The average molecular weight is 290 g/mol. The summed E-state index contributed by atoms with van der Waals surface area (Å²) in [6.45, 7) is 4.94. The largest absolute Gasteiger partial charge is 0.465 e. The van der Waals surface area contributed by atoms with E-state index < -0.39 is 5.97 Å². The summed E-state index contributed by atoms with van der Waals surface area (Å²) in [6.07, 6.45) is 0. The SMILES string of the molecule is COC(=O)c1cc(NCc2cc(C)c(C)s2)ccc1N. The third-order valence-electron chi connectivity index (χ3n) is 3.14. The van der Waals surface area contributed by atoms with E-state index in [0.29, 0.717) is 11.3 Å². The molecule has 0 atom stereocenters. The maximum absolute atomic E-state index is 11.6. The van der Waals surface area contributed by atoms with E-state index in [0.717, 1.165) is 12.2 Å². The molecule has 0 aliphatic carbocycles. The fourth-order valence-electron chi connectivity index (χ4n) is 1.88. The van der Waals surface area contributed by atoms with Crippen LogP contribution in [-0.2, 0) is 11.3 Å². The molecule has 4 nitrogen and oxygen atoms in total. The van der Waals surface area contributed by atoms with Crippen molar-refractivity contribution in [2.45, 2.75) is 20.4 Å². The number of benzene rings is 1. The van der Waals surface area contributed by atoms with Gasteiger partial charge in [-0.3, -0.25) is 0 Å². The second kappa shape index (κ2) is 5.96. The molecular weight excluding hydrogens is 272 g/mol. The molecule has 106 valence electrons. The number of aryl methyl sites for hydroxylation is 2. The Morgan fingerprint density at radius 2 is 2.10 bits per heavy atom. The molecule has 3 N–H and O–H groups in total. The number of hydrogen-bond donors (Lipinski definition) is 2. The zero-order valence-electron chi connectivity index (χ0n) is 11.8. The lowest BCUT2D eigenvalue weighted by Gasteiger charge is -2.09. The lowest BCUT2D eigenvalue weighted by molar-refractivity contribution is 0.0602. The molecule has 0 saturated heterocycles. The van der Waals surface area contributed by atoms with Gasteiger partial charge in [-0.15, -0.1) is 11.3 Å². The number of anilines is 2. The summed E-state index contributed by atoms with van der Waals surface area (Å²) < 4.78 is 4.71. The molecule has 1 aromatic heterocycles. The van der Waals surface area contributed by atoms with Crippen molar-refractivity contribution >= 4 is 28.7 Å². The van der Waals surface area contributed by atoms with Crippen LogP contribution in [0.4, 0.5) is 11.4 Å². The molecule has 0 bridgehead atoms. The highest BCUT2D eigenvalue weighted by Crippen LogP contribution is 2.23. The first-order valence-electron chi connectivity index (χ1n) is 6.29. The van der Waals surface area contributed by atoms with Crippen LogP contribution in [-0.4, -0.2) is 13.1 Å². The molecule has 0 fully saturated rings. The Labute approximate surface area is 122 Å². The number of rotatable bonds is 4. The molecule has 0 aliphatic rings. The first-order valence-corrected chi connectivity index (χ1v) is 7.10. The second-order valence-electron chi connectivity index (χ2n) is 4.60. The maximum Gasteiger partial charge on any atom is 0.340 e. The Balaban J connectivity index is 2.12. The van der Waals surface area contributed by atoms with E-state index >= 15 is 0 Å². The van der Waals surface area contributed by atoms with Crippen LogP contribution in [0, 0.1) is 13.8 Å². The maximum atomic E-state index is 11.6. The molecule has 1 heterocycles. The highest BCUT2D eigenvalue weighted by Gasteiger charge is 2.10. The number of nitrogens with two attached hydrogens (primary N) is 1. The summed E-state index contributed by atoms with van der Waals surface area (Å²) in [6, 6.07) is 7.45. The van der Waals surface area contributed by atoms with Gasteiger partial charge in [0.2, 0.25) is 0 Å². The summed E-state index contributed by atoms with van der Waals surface area (Å²) >= 11 is 1.77. The quantitative estimate of drug-likeness (QED) is 0.669. The van der Waals surface area contributed by atoms with E-state index in [4.69, 9.17) is 10.5 Å². The third-order valence-corrected chi connectivity index (χ3v) is 4.29. The Hall–Kier alpha value is -2.01. The number of thiophene rings is 1. The normalized spacial score (nSPS) is 10.3. The Morgan fingerprint density at radius 3 is 2.70 bits per heavy atom. The van der Waals surface area contributed by atoms with Gasteiger partial charge < -0.3 is 15.8 Å². The molecular formula is C15H18N2O2S. The topological polar surface area (TPSA) is 64.3 Å². The Morgan fingerprint density at radius 1 is 1.35 bits per heavy atom. The zero-order valence-corrected chi connectivity index (χ0v) is 12.6. The van der Waals surface area contributed by atoms with Crippen LogP contribution in [0.15, 0.2) is 24.3 Å². The lowest BCUT2D eigenvalue weighted by atomic mass is 10.1. The molecule has 0 unspecified atom stereocenters. The molecule has 0 spiro atoms. The highest BCUT2D eigenvalue weighted by atomic mass is 32.1. The van der Waals surface area contributed by atoms with Crippen LogP contribution in [0.5, 0.6) is 0 Å². The number of nitrogens with one attached hydrogen (secondary N) is 1. The van der Waals surface area contributed by atoms with Gasteiger partial charge in [0.05, 0.1) is 12.7 Å². The van der Waals surface area contributed by atoms with Crippen molar-refractivity contribution in [2.75, 3.05) is 18.2 Å². The third kappa shape index (κ3) is 3.11. The van der Waals surface area contributed by atoms with E-state index in [9.17, 15) is 4.79 Å². The van der Waals surface area contributed by atoms with Gasteiger partial charge in [0.25, 0.3) is 0 Å². The fraction of sp³-hybridized carbons (Fsp3) is 0.267. The summed E-state index contributed by atoms with van der Waals surface area (Å²) in [5.74, 6) is -0.422. The number of carbonyl (C=O) groups is 1. The minimum absolute atomic E-state index is 0.385. The average Bonchev–Trinajstić information content (AvgIpc) is 2.76. The van der Waals surface area contributed by atoms with Crippen LogP contribution in [0.25, 0.3) is 0 Å². The van der Waals surface area contributed by atoms with E-state index in [1.165, 1.54) is 22.4 Å². The number of esters is 1. The number of carbonyl (C=O) groups excluding carboxylic acids is 1. The fourth-order valence-corrected chi connectivity index (χ4v) is 2.87. The van der Waals surface area contributed by atoms with Crippen molar-refractivity contribution in [3.63, 3.8) is 0 Å². The summed E-state index contributed by atoms with van der Waals surface area (Å²) in [7, 11) is 1.35. The van der Waals surface area contributed by atoms with E-state index in [-0.39, 0.29) is 0 Å². The van der Waals surface area contributed by atoms with Crippen LogP contribution < -0.4 is 11.1 Å². The Bertz CT molecular complexity index is 615. The zero-order chi connectivity index (χ0) is 14.7. The molecule has 0 amide bonds. The number of methoxy groups -OCH3 is 1. The van der Waals surface area contributed by atoms with Gasteiger partial charge in [0.1, 0.15) is 0 Å². The van der Waals surface area contributed by atoms with Crippen molar-refractivity contribution < 1.29 is 9.53 Å². The minimum atomic E-state index is -0.422. The lowest BCUT2D eigenvalue weighted by Crippen LogP contribution is -2.07. The van der Waals surface area contributed by atoms with E-state index in [1.54, 1.807) is 23.5 Å².